The van der Waals surface area contributed by atoms with Gasteiger partial charge in [-0.05, 0) is 26.7 Å². The number of hydrogen-bond donors (Lipinski definition) is 2. The van der Waals surface area contributed by atoms with Gasteiger partial charge in [0, 0.05) is 13.5 Å². The van der Waals surface area contributed by atoms with Crippen molar-refractivity contribution < 1.29 is 9.90 Å². The molecule has 3 heteroatoms. The monoisotopic (exact) mass is 257 g/mol. The second kappa shape index (κ2) is 10.4. The molecule has 0 aromatic carbocycles. The molecule has 1 amide bonds. The van der Waals surface area contributed by atoms with Gasteiger partial charge in [-0.1, -0.05) is 44.9 Å². The van der Waals surface area contributed by atoms with Crippen LogP contribution in [0.15, 0.2) is 0 Å². The van der Waals surface area contributed by atoms with Crippen LogP contribution in [0.5, 0.6) is 0 Å². The summed E-state index contributed by atoms with van der Waals surface area (Å²) in [5.74, 6) is 0.0711. The van der Waals surface area contributed by atoms with E-state index in [0.29, 0.717) is 0 Å². The molecule has 0 aromatic heterocycles. The lowest BCUT2D eigenvalue weighted by Gasteiger charge is -2.16. The molecule has 0 rings (SSSR count). The highest BCUT2D eigenvalue weighted by molar-refractivity contribution is 5.72. The van der Waals surface area contributed by atoms with E-state index in [4.69, 9.17) is 0 Å². The summed E-state index contributed by atoms with van der Waals surface area (Å²) >= 11 is 0. The van der Waals surface area contributed by atoms with E-state index >= 15 is 0 Å². The smallest absolute Gasteiger partial charge is 0.216 e. The van der Waals surface area contributed by atoms with Crippen molar-refractivity contribution in [1.82, 2.24) is 5.32 Å². The number of carbonyl (C=O) groups is 1. The summed E-state index contributed by atoms with van der Waals surface area (Å²) in [6.45, 7) is 6.14. The van der Waals surface area contributed by atoms with E-state index in [1.165, 1.54) is 38.5 Å². The fraction of sp³-hybridized carbons (Fsp3) is 0.933. The molecular formula is C15H31NO2. The Morgan fingerprint density at radius 2 is 1.39 bits per heavy atom. The molecule has 0 heterocycles. The van der Waals surface area contributed by atoms with Gasteiger partial charge in [0.15, 0.2) is 0 Å². The fourth-order valence-corrected chi connectivity index (χ4v) is 2.01. The summed E-state index contributed by atoms with van der Waals surface area (Å²) in [5.41, 5.74) is -0.496. The molecule has 0 aliphatic heterocycles. The van der Waals surface area contributed by atoms with Crippen molar-refractivity contribution in [3.8, 4) is 0 Å². The Balaban J connectivity index is 3.06. The van der Waals surface area contributed by atoms with E-state index in [0.717, 1.165) is 25.8 Å². The highest BCUT2D eigenvalue weighted by Crippen LogP contribution is 2.15. The molecule has 0 saturated carbocycles. The molecule has 0 radical (unpaired) electrons. The highest BCUT2D eigenvalue weighted by atomic mass is 16.3. The summed E-state index contributed by atoms with van der Waals surface area (Å²) < 4.78 is 0. The van der Waals surface area contributed by atoms with Gasteiger partial charge in [0.05, 0.1) is 5.60 Å². The van der Waals surface area contributed by atoms with E-state index in [2.05, 4.69) is 5.32 Å². The molecule has 0 unspecified atom stereocenters. The van der Waals surface area contributed by atoms with Crippen LogP contribution in [0.4, 0.5) is 0 Å². The minimum atomic E-state index is -0.496. The third kappa shape index (κ3) is 15.4. The quantitative estimate of drug-likeness (QED) is 0.557. The van der Waals surface area contributed by atoms with Crippen LogP contribution in [-0.2, 0) is 4.79 Å². The molecule has 0 fully saturated rings. The standard InChI is InChI=1S/C15H31NO2/c1-14(17)16-13-11-9-7-5-4-6-8-10-12-15(2,3)18/h18H,4-13H2,1-3H3,(H,16,17). The first-order chi connectivity index (χ1) is 8.42. The second-order valence-electron chi connectivity index (χ2n) is 5.87. The first-order valence-electron chi connectivity index (χ1n) is 7.38. The van der Waals surface area contributed by atoms with E-state index < -0.39 is 5.60 Å². The van der Waals surface area contributed by atoms with Crippen LogP contribution in [0.1, 0.15) is 78.6 Å². The van der Waals surface area contributed by atoms with Crippen molar-refractivity contribution in [1.29, 1.82) is 0 Å². The minimum Gasteiger partial charge on any atom is -0.390 e. The number of unbranched alkanes of at least 4 members (excludes halogenated alkanes) is 7. The SMILES string of the molecule is CC(=O)NCCCCCCCCCCC(C)(C)O. The van der Waals surface area contributed by atoms with Gasteiger partial charge in [-0.15, -0.1) is 0 Å². The maximum absolute atomic E-state index is 10.6. The van der Waals surface area contributed by atoms with Gasteiger partial charge in [-0.3, -0.25) is 4.79 Å². The normalized spacial score (nSPS) is 11.6. The summed E-state index contributed by atoms with van der Waals surface area (Å²) in [7, 11) is 0. The van der Waals surface area contributed by atoms with Crippen molar-refractivity contribution in [3.63, 3.8) is 0 Å². The Hall–Kier alpha value is -0.570. The lowest BCUT2D eigenvalue weighted by molar-refractivity contribution is -0.118. The largest absolute Gasteiger partial charge is 0.390 e. The van der Waals surface area contributed by atoms with E-state index in [-0.39, 0.29) is 5.91 Å². The third-order valence-corrected chi connectivity index (χ3v) is 3.09. The number of carbonyl (C=O) groups excluding carboxylic acids is 1. The average molecular weight is 257 g/mol. The van der Waals surface area contributed by atoms with Gasteiger partial charge in [-0.2, -0.15) is 0 Å². The summed E-state index contributed by atoms with van der Waals surface area (Å²) in [4.78, 5) is 10.6. The fourth-order valence-electron chi connectivity index (χ4n) is 2.01. The van der Waals surface area contributed by atoms with E-state index in [9.17, 15) is 9.90 Å². The molecular weight excluding hydrogens is 226 g/mol. The van der Waals surface area contributed by atoms with Crippen LogP contribution < -0.4 is 5.32 Å². The summed E-state index contributed by atoms with van der Waals surface area (Å²) in [5, 5.41) is 12.4. The Labute approximate surface area is 112 Å². The topological polar surface area (TPSA) is 49.3 Å². The molecule has 18 heavy (non-hydrogen) atoms. The second-order valence-corrected chi connectivity index (χ2v) is 5.87. The van der Waals surface area contributed by atoms with Crippen LogP contribution >= 0.6 is 0 Å². The Morgan fingerprint density at radius 1 is 0.944 bits per heavy atom. The average Bonchev–Trinajstić information content (AvgIpc) is 2.24. The minimum absolute atomic E-state index is 0.0711. The van der Waals surface area contributed by atoms with Crippen molar-refractivity contribution in [2.45, 2.75) is 84.2 Å². The van der Waals surface area contributed by atoms with Gasteiger partial charge in [0.2, 0.25) is 5.91 Å². The molecule has 3 nitrogen and oxygen atoms in total. The lowest BCUT2D eigenvalue weighted by atomic mass is 9.99. The number of hydrogen-bond acceptors (Lipinski definition) is 2. The zero-order valence-electron chi connectivity index (χ0n) is 12.4. The van der Waals surface area contributed by atoms with Gasteiger partial charge >= 0.3 is 0 Å². The van der Waals surface area contributed by atoms with Gasteiger partial charge in [0.1, 0.15) is 0 Å². The van der Waals surface area contributed by atoms with E-state index in [1.54, 1.807) is 6.92 Å². The summed E-state index contributed by atoms with van der Waals surface area (Å²) in [6.07, 6.45) is 10.7. The zero-order valence-corrected chi connectivity index (χ0v) is 12.4. The molecule has 0 saturated heterocycles. The molecule has 0 aromatic rings. The van der Waals surface area contributed by atoms with Gasteiger partial charge in [0.25, 0.3) is 0 Å². The Kier molecular flexibility index (Phi) is 10.0. The molecule has 108 valence electrons. The van der Waals surface area contributed by atoms with E-state index in [1.807, 2.05) is 13.8 Å². The molecule has 0 aliphatic rings. The van der Waals surface area contributed by atoms with Crippen LogP contribution in [0, 0.1) is 0 Å². The predicted octanol–water partition coefficient (Wildman–Crippen LogP) is 3.40. The molecule has 0 bridgehead atoms. The molecule has 0 aliphatic carbocycles. The first-order valence-corrected chi connectivity index (χ1v) is 7.38. The summed E-state index contributed by atoms with van der Waals surface area (Å²) in [6, 6.07) is 0. The Bertz CT molecular complexity index is 209. The van der Waals surface area contributed by atoms with Crippen LogP contribution in [0.2, 0.25) is 0 Å². The number of rotatable bonds is 11. The Morgan fingerprint density at radius 3 is 1.83 bits per heavy atom. The lowest BCUT2D eigenvalue weighted by Crippen LogP contribution is -2.20. The zero-order chi connectivity index (χ0) is 13.9. The van der Waals surface area contributed by atoms with Crippen molar-refractivity contribution in [2.75, 3.05) is 6.54 Å². The maximum Gasteiger partial charge on any atom is 0.216 e. The van der Waals surface area contributed by atoms with Crippen LogP contribution in [0.25, 0.3) is 0 Å². The molecule has 0 atom stereocenters. The third-order valence-electron chi connectivity index (χ3n) is 3.09. The van der Waals surface area contributed by atoms with Gasteiger partial charge < -0.3 is 10.4 Å². The molecule has 2 N–H and O–H groups in total. The predicted molar refractivity (Wildman–Crippen MR) is 76.5 cm³/mol. The maximum atomic E-state index is 10.6. The van der Waals surface area contributed by atoms with Crippen LogP contribution in [0.3, 0.4) is 0 Å². The van der Waals surface area contributed by atoms with Gasteiger partial charge in [-0.25, -0.2) is 0 Å². The first kappa shape index (κ1) is 17.4. The number of amides is 1. The van der Waals surface area contributed by atoms with Crippen molar-refractivity contribution >= 4 is 5.91 Å². The van der Waals surface area contributed by atoms with Crippen molar-refractivity contribution in [2.24, 2.45) is 0 Å². The number of nitrogens with one attached hydrogen (secondary N) is 1. The highest BCUT2D eigenvalue weighted by Gasteiger charge is 2.10. The number of aliphatic hydroxyl groups is 1. The molecule has 0 spiro atoms. The van der Waals surface area contributed by atoms with Crippen molar-refractivity contribution in [3.05, 3.63) is 0 Å². The van der Waals surface area contributed by atoms with Crippen LogP contribution in [-0.4, -0.2) is 23.2 Å².